The monoisotopic (exact) mass is 486 g/mol. The zero-order valence-corrected chi connectivity index (χ0v) is 19.2. The molecule has 1 amide bonds. The average Bonchev–Trinajstić information content (AvgIpc) is 3.05. The van der Waals surface area contributed by atoms with Gasteiger partial charge in [0, 0.05) is 39.7 Å². The molecule has 2 aromatic carbocycles. The number of halogens is 1. The van der Waals surface area contributed by atoms with Crippen LogP contribution in [0.25, 0.3) is 5.69 Å². The maximum Gasteiger partial charge on any atom is 0.337 e. The third-order valence-electron chi connectivity index (χ3n) is 4.72. The number of nitro benzene ring substituents is 1. The maximum absolute atomic E-state index is 12.1. The summed E-state index contributed by atoms with van der Waals surface area (Å²) in [7, 11) is 0. The van der Waals surface area contributed by atoms with E-state index in [-0.39, 0.29) is 27.9 Å². The number of aromatic nitrogens is 1. The lowest BCUT2D eigenvalue weighted by Gasteiger charge is -2.11. The zero-order valence-electron chi connectivity index (χ0n) is 17.6. The second-order valence-electron chi connectivity index (χ2n) is 6.96. The first-order valence-electron chi connectivity index (χ1n) is 9.58. The van der Waals surface area contributed by atoms with Crippen LogP contribution in [0, 0.1) is 24.0 Å². The molecular formula is C22H19ClN4O5S. The number of thioether (sulfide) groups is 1. The Kier molecular flexibility index (Phi) is 7.52. The van der Waals surface area contributed by atoms with E-state index in [1.54, 1.807) is 24.3 Å². The minimum atomic E-state index is -1.09. The van der Waals surface area contributed by atoms with Gasteiger partial charge in [-0.1, -0.05) is 11.6 Å². The van der Waals surface area contributed by atoms with Crippen LogP contribution < -0.4 is 5.43 Å². The molecular weight excluding hydrogens is 468 g/mol. The second kappa shape index (κ2) is 10.3. The number of carbonyl (C=O) groups is 2. The van der Waals surface area contributed by atoms with Gasteiger partial charge in [0.2, 0.25) is 5.91 Å². The van der Waals surface area contributed by atoms with Crippen molar-refractivity contribution >= 4 is 47.1 Å². The Labute approximate surface area is 198 Å². The molecule has 2 N–H and O–H groups in total. The average molecular weight is 487 g/mol. The van der Waals surface area contributed by atoms with Gasteiger partial charge in [-0.3, -0.25) is 14.9 Å². The predicted molar refractivity (Wildman–Crippen MR) is 127 cm³/mol. The Morgan fingerprint density at radius 3 is 2.52 bits per heavy atom. The van der Waals surface area contributed by atoms with E-state index < -0.39 is 10.9 Å². The van der Waals surface area contributed by atoms with Crippen LogP contribution >= 0.6 is 23.4 Å². The number of aromatic carboxylic acids is 1. The number of nitrogens with zero attached hydrogens (tertiary/aromatic N) is 3. The highest BCUT2D eigenvalue weighted by atomic mass is 35.5. The van der Waals surface area contributed by atoms with E-state index in [1.165, 1.54) is 36.2 Å². The van der Waals surface area contributed by atoms with Gasteiger partial charge >= 0.3 is 5.97 Å². The number of carbonyl (C=O) groups excluding carboxylic acids is 1. The van der Waals surface area contributed by atoms with E-state index >= 15 is 0 Å². The summed E-state index contributed by atoms with van der Waals surface area (Å²) in [5.74, 6) is -1.31. The number of carboxylic acid groups (broad SMARTS) is 1. The molecule has 3 rings (SSSR count). The number of benzene rings is 2. The Morgan fingerprint density at radius 2 is 1.91 bits per heavy atom. The fraction of sp³-hybridized carbons (Fsp3) is 0.136. The Morgan fingerprint density at radius 1 is 1.21 bits per heavy atom. The summed E-state index contributed by atoms with van der Waals surface area (Å²) in [5.41, 5.74) is 5.68. The molecule has 0 spiro atoms. The fourth-order valence-corrected chi connectivity index (χ4v) is 4.10. The third-order valence-corrected chi connectivity index (χ3v) is 6.05. The van der Waals surface area contributed by atoms with Gasteiger partial charge in [-0.15, -0.1) is 11.8 Å². The molecule has 170 valence electrons. The van der Waals surface area contributed by atoms with Crippen LogP contribution in [-0.2, 0) is 4.79 Å². The summed E-state index contributed by atoms with van der Waals surface area (Å²) in [4.78, 5) is 34.2. The molecule has 33 heavy (non-hydrogen) atoms. The van der Waals surface area contributed by atoms with Crippen LogP contribution in [-0.4, -0.2) is 38.4 Å². The summed E-state index contributed by atoms with van der Waals surface area (Å²) in [5, 5.41) is 24.0. The van der Waals surface area contributed by atoms with Gasteiger partial charge in [-0.25, -0.2) is 10.2 Å². The molecule has 1 heterocycles. The van der Waals surface area contributed by atoms with Crippen LogP contribution in [0.2, 0.25) is 5.02 Å². The van der Waals surface area contributed by atoms with E-state index in [0.717, 1.165) is 21.8 Å². The number of nitro groups is 1. The number of amides is 1. The van der Waals surface area contributed by atoms with Crippen molar-refractivity contribution in [3.05, 3.63) is 86.2 Å². The van der Waals surface area contributed by atoms with Gasteiger partial charge in [0.1, 0.15) is 0 Å². The van der Waals surface area contributed by atoms with Crippen LogP contribution in [0.5, 0.6) is 0 Å². The van der Waals surface area contributed by atoms with Crippen LogP contribution in [0.3, 0.4) is 0 Å². The van der Waals surface area contributed by atoms with Gasteiger partial charge in [0.15, 0.2) is 0 Å². The quantitative estimate of drug-likeness (QED) is 0.207. The summed E-state index contributed by atoms with van der Waals surface area (Å²) in [6.07, 6.45) is 1.53. The summed E-state index contributed by atoms with van der Waals surface area (Å²) in [6, 6.07) is 12.5. The molecule has 9 nitrogen and oxygen atoms in total. The van der Waals surface area contributed by atoms with Crippen molar-refractivity contribution in [1.29, 1.82) is 0 Å². The van der Waals surface area contributed by atoms with Crippen molar-refractivity contribution in [1.82, 2.24) is 9.99 Å². The van der Waals surface area contributed by atoms with E-state index in [0.29, 0.717) is 5.69 Å². The molecule has 0 aliphatic heterocycles. The standard InChI is InChI=1S/C22H19ClN4O5S/c1-13-9-15(14(2)26(13)17-5-8-19(22(29)30)20(23)10-17)11-24-25-21(28)12-33-18-6-3-16(4-7-18)27(31)32/h3-11H,12H2,1-2H3,(H,25,28)(H,29,30)/b24-11-. The first-order chi connectivity index (χ1) is 15.7. The molecule has 0 bridgehead atoms. The van der Waals surface area contributed by atoms with E-state index in [4.69, 9.17) is 16.7 Å². The second-order valence-corrected chi connectivity index (χ2v) is 8.42. The van der Waals surface area contributed by atoms with E-state index in [9.17, 15) is 19.7 Å². The lowest BCUT2D eigenvalue weighted by atomic mass is 10.2. The number of aryl methyl sites for hydroxylation is 1. The van der Waals surface area contributed by atoms with Crippen molar-refractivity contribution in [2.45, 2.75) is 18.7 Å². The van der Waals surface area contributed by atoms with Gasteiger partial charge < -0.3 is 9.67 Å². The molecule has 0 aliphatic rings. The largest absolute Gasteiger partial charge is 0.478 e. The molecule has 1 aromatic heterocycles. The number of non-ortho nitro benzene ring substituents is 1. The summed E-state index contributed by atoms with van der Waals surface area (Å²) < 4.78 is 1.91. The fourth-order valence-electron chi connectivity index (χ4n) is 3.15. The highest BCUT2D eigenvalue weighted by molar-refractivity contribution is 8.00. The van der Waals surface area contributed by atoms with Crippen LogP contribution in [0.1, 0.15) is 27.3 Å². The number of nitrogens with one attached hydrogen (secondary N) is 1. The number of hydrazone groups is 1. The minimum absolute atomic E-state index is 0.00824. The van der Waals surface area contributed by atoms with Crippen molar-refractivity contribution < 1.29 is 19.6 Å². The molecule has 0 fully saturated rings. The van der Waals surface area contributed by atoms with Crippen LogP contribution in [0.15, 0.2) is 58.5 Å². The maximum atomic E-state index is 12.1. The lowest BCUT2D eigenvalue weighted by Crippen LogP contribution is -2.19. The van der Waals surface area contributed by atoms with Crippen molar-refractivity contribution in [3.8, 4) is 5.69 Å². The Balaban J connectivity index is 1.63. The molecule has 0 atom stereocenters. The summed E-state index contributed by atoms with van der Waals surface area (Å²) >= 11 is 7.34. The molecule has 0 saturated heterocycles. The molecule has 0 aliphatic carbocycles. The zero-order chi connectivity index (χ0) is 24.1. The smallest absolute Gasteiger partial charge is 0.337 e. The lowest BCUT2D eigenvalue weighted by molar-refractivity contribution is -0.384. The SMILES string of the molecule is Cc1cc(/C=N\NC(=O)CSc2ccc([N+](=O)[O-])cc2)c(C)n1-c1ccc(C(=O)O)c(Cl)c1. The predicted octanol–water partition coefficient (Wildman–Crippen LogP) is 4.60. The van der Waals surface area contributed by atoms with Crippen molar-refractivity contribution in [3.63, 3.8) is 0 Å². The molecule has 0 saturated carbocycles. The number of hydrogen-bond acceptors (Lipinski definition) is 6. The molecule has 0 radical (unpaired) electrons. The number of carboxylic acids is 1. The Bertz CT molecular complexity index is 1250. The Hall–Kier alpha value is -3.63. The number of rotatable bonds is 8. The van der Waals surface area contributed by atoms with Gasteiger partial charge in [-0.05, 0) is 50.2 Å². The molecule has 3 aromatic rings. The number of hydrogen-bond donors (Lipinski definition) is 2. The van der Waals surface area contributed by atoms with Gasteiger partial charge in [-0.2, -0.15) is 5.10 Å². The highest BCUT2D eigenvalue weighted by Gasteiger charge is 2.14. The minimum Gasteiger partial charge on any atom is -0.478 e. The normalized spacial score (nSPS) is 11.0. The van der Waals surface area contributed by atoms with Gasteiger partial charge in [0.05, 0.1) is 27.5 Å². The van der Waals surface area contributed by atoms with E-state index in [1.807, 2.05) is 24.5 Å². The van der Waals surface area contributed by atoms with Gasteiger partial charge in [0.25, 0.3) is 5.69 Å². The van der Waals surface area contributed by atoms with Crippen molar-refractivity contribution in [2.24, 2.45) is 5.10 Å². The first kappa shape index (κ1) is 24.0. The topological polar surface area (TPSA) is 127 Å². The van der Waals surface area contributed by atoms with Crippen LogP contribution in [0.4, 0.5) is 5.69 Å². The summed E-state index contributed by atoms with van der Waals surface area (Å²) in [6.45, 7) is 3.77. The highest BCUT2D eigenvalue weighted by Crippen LogP contribution is 2.25. The van der Waals surface area contributed by atoms with Crippen molar-refractivity contribution in [2.75, 3.05) is 5.75 Å². The molecule has 0 unspecified atom stereocenters. The molecule has 11 heteroatoms. The van der Waals surface area contributed by atoms with E-state index in [2.05, 4.69) is 10.5 Å². The first-order valence-corrected chi connectivity index (χ1v) is 10.9. The third kappa shape index (κ3) is 5.79.